The minimum Gasteiger partial charge on any atom is -0.403 e. The van der Waals surface area contributed by atoms with Gasteiger partial charge in [0.25, 0.3) is 0 Å². The number of phosphoric ester groups is 1. The summed E-state index contributed by atoms with van der Waals surface area (Å²) in [5.41, 5.74) is 0. The van der Waals surface area contributed by atoms with Crippen LogP contribution in [-0.2, 0) is 22.5 Å². The van der Waals surface area contributed by atoms with Gasteiger partial charge in [-0.1, -0.05) is 13.2 Å². The Labute approximate surface area is 74.5 Å². The highest BCUT2D eigenvalue weighted by molar-refractivity contribution is 7.61. The van der Waals surface area contributed by atoms with Crippen molar-refractivity contribution in [2.45, 2.75) is 0 Å². The van der Waals surface area contributed by atoms with Crippen molar-refractivity contribution in [1.29, 1.82) is 0 Å². The topological polar surface area (TPSA) is 102 Å². The van der Waals surface area contributed by atoms with E-state index in [0.29, 0.717) is 12.5 Å². The Morgan fingerprint density at radius 3 is 1.69 bits per heavy atom. The Morgan fingerprint density at radius 1 is 1.08 bits per heavy atom. The maximum Gasteiger partial charge on any atom is 0.595 e. The van der Waals surface area contributed by atoms with Gasteiger partial charge in [0.1, 0.15) is 0 Å². The van der Waals surface area contributed by atoms with Gasteiger partial charge < -0.3 is 18.8 Å². The Kier molecular flexibility index (Phi) is 4.39. The Bertz CT molecular complexity index is 264. The van der Waals surface area contributed by atoms with E-state index in [9.17, 15) is 9.13 Å². The first kappa shape index (κ1) is 12.4. The van der Waals surface area contributed by atoms with Crippen LogP contribution >= 0.6 is 15.6 Å². The van der Waals surface area contributed by atoms with E-state index < -0.39 is 15.6 Å². The quantitative estimate of drug-likeness (QED) is 0.526. The van der Waals surface area contributed by atoms with Crippen molar-refractivity contribution in [3.05, 3.63) is 25.7 Å². The number of hydrogen-bond donors (Lipinski definition) is 2. The van der Waals surface area contributed by atoms with Gasteiger partial charge in [0.15, 0.2) is 0 Å². The van der Waals surface area contributed by atoms with Gasteiger partial charge in [-0.05, 0) is 0 Å². The summed E-state index contributed by atoms with van der Waals surface area (Å²) in [7, 11) is -9.30. The Morgan fingerprint density at radius 2 is 1.46 bits per heavy atom. The third kappa shape index (κ3) is 5.63. The SMILES string of the molecule is C=COP(=O)(OC=C)OP(=O)(O)O. The fourth-order valence-corrected chi connectivity index (χ4v) is 2.14. The van der Waals surface area contributed by atoms with Crippen molar-refractivity contribution in [3.8, 4) is 0 Å². The molecule has 0 radical (unpaired) electrons. The van der Waals surface area contributed by atoms with Crippen LogP contribution in [0.2, 0.25) is 0 Å². The van der Waals surface area contributed by atoms with E-state index in [0.717, 1.165) is 0 Å². The van der Waals surface area contributed by atoms with E-state index in [1.807, 2.05) is 0 Å². The van der Waals surface area contributed by atoms with Crippen LogP contribution in [0.25, 0.3) is 0 Å². The minimum absolute atomic E-state index is 0.667. The molecule has 7 nitrogen and oxygen atoms in total. The normalized spacial score (nSPS) is 11.8. The number of rotatable bonds is 6. The molecule has 0 aromatic rings. The highest BCUT2D eigenvalue weighted by Crippen LogP contribution is 2.61. The molecule has 0 aliphatic rings. The molecule has 0 aliphatic carbocycles. The molecule has 0 atom stereocenters. The third-order valence-electron chi connectivity index (χ3n) is 0.614. The van der Waals surface area contributed by atoms with Gasteiger partial charge in [0.05, 0.1) is 12.5 Å². The molecule has 0 saturated carbocycles. The lowest BCUT2D eigenvalue weighted by Gasteiger charge is -2.13. The van der Waals surface area contributed by atoms with E-state index in [1.54, 1.807) is 0 Å². The smallest absolute Gasteiger partial charge is 0.403 e. The number of hydrogen-bond acceptors (Lipinski definition) is 5. The lowest BCUT2D eigenvalue weighted by Crippen LogP contribution is -1.91. The molecule has 13 heavy (non-hydrogen) atoms. The molecule has 9 heteroatoms. The van der Waals surface area contributed by atoms with E-state index in [-0.39, 0.29) is 0 Å². The molecule has 0 aliphatic heterocycles. The molecule has 0 unspecified atom stereocenters. The summed E-state index contributed by atoms with van der Waals surface area (Å²) < 4.78 is 33.5. The summed E-state index contributed by atoms with van der Waals surface area (Å²) in [5.74, 6) is 0. The van der Waals surface area contributed by atoms with Crippen molar-refractivity contribution in [1.82, 2.24) is 0 Å². The molecule has 0 rings (SSSR count). The molecule has 0 spiro atoms. The van der Waals surface area contributed by atoms with Gasteiger partial charge in [-0.2, -0.15) is 4.31 Å². The number of phosphoric acid groups is 2. The van der Waals surface area contributed by atoms with Gasteiger partial charge >= 0.3 is 15.6 Å². The fraction of sp³-hybridized carbons (Fsp3) is 0. The van der Waals surface area contributed by atoms with Crippen LogP contribution in [0.4, 0.5) is 0 Å². The third-order valence-corrected chi connectivity index (χ3v) is 3.08. The largest absolute Gasteiger partial charge is 0.595 e. The molecule has 76 valence electrons. The Balaban J connectivity index is 4.60. The highest BCUT2D eigenvalue weighted by atomic mass is 31.3. The van der Waals surface area contributed by atoms with Gasteiger partial charge in [-0.3, -0.25) is 0 Å². The van der Waals surface area contributed by atoms with Crippen LogP contribution < -0.4 is 0 Å². The summed E-state index contributed by atoms with van der Waals surface area (Å²) in [6, 6.07) is 0. The summed E-state index contributed by atoms with van der Waals surface area (Å²) >= 11 is 0. The first-order valence-electron chi connectivity index (χ1n) is 2.78. The van der Waals surface area contributed by atoms with Gasteiger partial charge in [0.2, 0.25) is 0 Å². The van der Waals surface area contributed by atoms with Crippen LogP contribution in [0.15, 0.2) is 25.7 Å². The molecule has 0 amide bonds. The van der Waals surface area contributed by atoms with E-state index in [1.165, 1.54) is 0 Å². The van der Waals surface area contributed by atoms with E-state index in [2.05, 4.69) is 26.5 Å². The molecule has 0 saturated heterocycles. The molecular weight excluding hydrogens is 222 g/mol. The minimum atomic E-state index is -4.96. The summed E-state index contributed by atoms with van der Waals surface area (Å²) in [5, 5.41) is 0. The predicted octanol–water partition coefficient (Wildman–Crippen LogP) is 1.52. The summed E-state index contributed by atoms with van der Waals surface area (Å²) in [6.07, 6.45) is 1.33. The zero-order valence-corrected chi connectivity index (χ0v) is 8.19. The average Bonchev–Trinajstić information content (AvgIpc) is 1.82. The molecule has 0 heterocycles. The zero-order chi connectivity index (χ0) is 10.5. The van der Waals surface area contributed by atoms with Crippen molar-refractivity contribution in [2.24, 2.45) is 0 Å². The summed E-state index contributed by atoms with van der Waals surface area (Å²) in [4.78, 5) is 16.6. The predicted molar refractivity (Wildman–Crippen MR) is 43.3 cm³/mol. The standard InChI is InChI=1S/C4H8O7P2/c1-3-9-13(8,10-4-2)11-12(5,6)7/h3-4H,1-2H2,(H2,5,6,7). The molecule has 0 bridgehead atoms. The average molecular weight is 230 g/mol. The fourth-order valence-electron chi connectivity index (χ4n) is 0.376. The van der Waals surface area contributed by atoms with Crippen molar-refractivity contribution in [2.75, 3.05) is 0 Å². The van der Waals surface area contributed by atoms with E-state index >= 15 is 0 Å². The van der Waals surface area contributed by atoms with Crippen LogP contribution in [0, 0.1) is 0 Å². The van der Waals surface area contributed by atoms with Gasteiger partial charge in [0, 0.05) is 0 Å². The molecule has 2 N–H and O–H groups in total. The molecule has 0 aromatic heterocycles. The second-order valence-electron chi connectivity index (χ2n) is 1.56. The molecular formula is C4H8O7P2. The van der Waals surface area contributed by atoms with Crippen LogP contribution in [0.3, 0.4) is 0 Å². The first-order chi connectivity index (χ1) is 5.83. The lowest BCUT2D eigenvalue weighted by atomic mass is 11.2. The van der Waals surface area contributed by atoms with Crippen LogP contribution in [-0.4, -0.2) is 9.79 Å². The molecule has 0 aromatic carbocycles. The maximum absolute atomic E-state index is 11.1. The van der Waals surface area contributed by atoms with Crippen LogP contribution in [0.5, 0.6) is 0 Å². The second kappa shape index (κ2) is 4.60. The van der Waals surface area contributed by atoms with Gasteiger partial charge in [-0.15, -0.1) is 0 Å². The Hall–Kier alpha value is -0.580. The lowest BCUT2D eigenvalue weighted by molar-refractivity contribution is 0.209. The van der Waals surface area contributed by atoms with Gasteiger partial charge in [-0.25, -0.2) is 9.13 Å². The summed E-state index contributed by atoms with van der Waals surface area (Å²) in [6.45, 7) is 6.03. The maximum atomic E-state index is 11.1. The second-order valence-corrected chi connectivity index (χ2v) is 4.51. The zero-order valence-electron chi connectivity index (χ0n) is 6.40. The first-order valence-corrected chi connectivity index (χ1v) is 5.77. The van der Waals surface area contributed by atoms with Crippen molar-refractivity contribution < 1.29 is 32.3 Å². The van der Waals surface area contributed by atoms with Crippen LogP contribution in [0.1, 0.15) is 0 Å². The van der Waals surface area contributed by atoms with Crippen molar-refractivity contribution >= 4 is 15.6 Å². The van der Waals surface area contributed by atoms with Crippen molar-refractivity contribution in [3.63, 3.8) is 0 Å². The highest BCUT2D eigenvalue weighted by Gasteiger charge is 2.36. The monoisotopic (exact) mass is 230 g/mol. The molecule has 0 fully saturated rings. The van der Waals surface area contributed by atoms with E-state index in [4.69, 9.17) is 9.79 Å².